The van der Waals surface area contributed by atoms with Crippen LogP contribution in [0.4, 0.5) is 0 Å². The van der Waals surface area contributed by atoms with Gasteiger partial charge < -0.3 is 15.2 Å². The summed E-state index contributed by atoms with van der Waals surface area (Å²) >= 11 is 13.3. The number of esters is 1. The highest BCUT2D eigenvalue weighted by Gasteiger charge is 2.16. The van der Waals surface area contributed by atoms with Crippen molar-refractivity contribution in [1.29, 1.82) is 0 Å². The minimum Gasteiger partial charge on any atom is -0.493 e. The van der Waals surface area contributed by atoms with Crippen LogP contribution in [-0.2, 0) is 5.75 Å². The molecular weight excluding hydrogens is 469 g/mol. The van der Waals surface area contributed by atoms with Crippen LogP contribution in [0.15, 0.2) is 76.9 Å². The number of carbonyl (C=O) groups excluding carboxylic acids is 1. The molecule has 3 aromatic rings. The lowest BCUT2D eigenvalue weighted by Gasteiger charge is -2.10. The number of rotatable bonds is 7. The lowest BCUT2D eigenvalue weighted by Crippen LogP contribution is -2.10. The van der Waals surface area contributed by atoms with E-state index in [0.29, 0.717) is 27.3 Å². The molecule has 0 amide bonds. The Labute approximate surface area is 200 Å². The highest BCUT2D eigenvalue weighted by molar-refractivity contribution is 8.13. The van der Waals surface area contributed by atoms with Crippen LogP contribution in [0.5, 0.6) is 11.5 Å². The van der Waals surface area contributed by atoms with Gasteiger partial charge in [-0.15, -0.1) is 5.10 Å². The third kappa shape index (κ3) is 6.75. The first-order chi connectivity index (χ1) is 15.5. The van der Waals surface area contributed by atoms with Gasteiger partial charge in [0.15, 0.2) is 16.7 Å². The van der Waals surface area contributed by atoms with Crippen LogP contribution in [0.2, 0.25) is 10.0 Å². The van der Waals surface area contributed by atoms with E-state index in [9.17, 15) is 4.79 Å². The molecule has 9 heteroatoms. The van der Waals surface area contributed by atoms with Gasteiger partial charge in [0, 0.05) is 10.8 Å². The van der Waals surface area contributed by atoms with E-state index in [4.69, 9.17) is 38.4 Å². The Kier molecular flexibility index (Phi) is 8.56. The average molecular weight is 488 g/mol. The Hall–Kier alpha value is -3.00. The first-order valence-electron chi connectivity index (χ1n) is 9.34. The van der Waals surface area contributed by atoms with Gasteiger partial charge in [0.25, 0.3) is 0 Å². The van der Waals surface area contributed by atoms with Crippen LogP contribution in [-0.4, -0.2) is 24.5 Å². The Morgan fingerprint density at radius 2 is 1.84 bits per heavy atom. The average Bonchev–Trinajstić information content (AvgIpc) is 2.79. The zero-order valence-electron chi connectivity index (χ0n) is 17.0. The minimum absolute atomic E-state index is 0.196. The normalized spacial score (nSPS) is 11.5. The summed E-state index contributed by atoms with van der Waals surface area (Å²) in [5.74, 6) is 0.668. The molecule has 32 heavy (non-hydrogen) atoms. The SMILES string of the molecule is COc1cc(C=NN=C(N)SCc2ccccc2)ccc1OC(=O)c1ccc(Cl)cc1Cl. The highest BCUT2D eigenvalue weighted by Crippen LogP contribution is 2.30. The monoisotopic (exact) mass is 487 g/mol. The zero-order chi connectivity index (χ0) is 22.9. The number of ether oxygens (including phenoxy) is 2. The van der Waals surface area contributed by atoms with E-state index in [2.05, 4.69) is 10.2 Å². The number of methoxy groups -OCH3 is 1. The van der Waals surface area contributed by atoms with Crippen LogP contribution in [0.1, 0.15) is 21.5 Å². The second-order valence-electron chi connectivity index (χ2n) is 6.38. The zero-order valence-corrected chi connectivity index (χ0v) is 19.3. The molecule has 0 aliphatic rings. The third-order valence-electron chi connectivity index (χ3n) is 4.13. The summed E-state index contributed by atoms with van der Waals surface area (Å²) in [4.78, 5) is 12.4. The second-order valence-corrected chi connectivity index (χ2v) is 8.22. The van der Waals surface area contributed by atoms with E-state index in [-0.39, 0.29) is 16.3 Å². The number of amidine groups is 1. The molecule has 164 valence electrons. The Bertz CT molecular complexity index is 1150. The number of hydrogen-bond donors (Lipinski definition) is 1. The molecule has 0 aliphatic heterocycles. The number of hydrogen-bond acceptors (Lipinski definition) is 6. The Morgan fingerprint density at radius 1 is 1.06 bits per heavy atom. The van der Waals surface area contributed by atoms with E-state index in [1.807, 2.05) is 30.3 Å². The summed E-state index contributed by atoms with van der Waals surface area (Å²) in [6.45, 7) is 0. The maximum absolute atomic E-state index is 12.4. The summed E-state index contributed by atoms with van der Waals surface area (Å²) in [5.41, 5.74) is 7.93. The molecule has 0 unspecified atom stereocenters. The number of carbonyl (C=O) groups is 1. The smallest absolute Gasteiger partial charge is 0.345 e. The van der Waals surface area contributed by atoms with Gasteiger partial charge >= 0.3 is 5.97 Å². The third-order valence-corrected chi connectivity index (χ3v) is 5.54. The van der Waals surface area contributed by atoms with E-state index >= 15 is 0 Å². The molecule has 0 fully saturated rings. The molecule has 0 aliphatic carbocycles. The fraction of sp³-hybridized carbons (Fsp3) is 0.0870. The Morgan fingerprint density at radius 3 is 2.56 bits per heavy atom. The van der Waals surface area contributed by atoms with Crippen molar-refractivity contribution < 1.29 is 14.3 Å². The summed E-state index contributed by atoms with van der Waals surface area (Å²) < 4.78 is 10.8. The molecule has 0 spiro atoms. The van der Waals surface area contributed by atoms with Gasteiger partial charge in [-0.25, -0.2) is 4.79 Å². The minimum atomic E-state index is -0.626. The quantitative estimate of drug-likeness (QED) is 0.149. The van der Waals surface area contributed by atoms with Gasteiger partial charge in [-0.3, -0.25) is 0 Å². The lowest BCUT2D eigenvalue weighted by molar-refractivity contribution is 0.0730. The Balaban J connectivity index is 1.64. The molecule has 3 rings (SSSR count). The number of thioether (sulfide) groups is 1. The number of nitrogens with zero attached hydrogens (tertiary/aromatic N) is 2. The molecule has 0 saturated carbocycles. The van der Waals surface area contributed by atoms with Crippen LogP contribution < -0.4 is 15.2 Å². The molecule has 3 aromatic carbocycles. The predicted octanol–water partition coefficient (Wildman–Crippen LogP) is 5.80. The van der Waals surface area contributed by atoms with Crippen LogP contribution in [0.3, 0.4) is 0 Å². The largest absolute Gasteiger partial charge is 0.493 e. The van der Waals surface area contributed by atoms with Crippen LogP contribution >= 0.6 is 35.0 Å². The van der Waals surface area contributed by atoms with Crippen molar-refractivity contribution in [2.45, 2.75) is 5.75 Å². The maximum atomic E-state index is 12.4. The number of nitrogens with two attached hydrogens (primary N) is 1. The topological polar surface area (TPSA) is 86.3 Å². The molecular formula is C23H19Cl2N3O3S. The van der Waals surface area contributed by atoms with Gasteiger partial charge in [-0.2, -0.15) is 5.10 Å². The predicted molar refractivity (Wildman–Crippen MR) is 131 cm³/mol. The fourth-order valence-electron chi connectivity index (χ4n) is 2.57. The second kappa shape index (κ2) is 11.6. The van der Waals surface area contributed by atoms with Crippen molar-refractivity contribution in [3.63, 3.8) is 0 Å². The standard InChI is InChI=1S/C23H19Cl2N3O3S/c1-30-21-11-16(13-27-28-23(26)32-14-15-5-3-2-4-6-15)7-10-20(21)31-22(29)18-9-8-17(24)12-19(18)25/h2-13H,14H2,1H3,(H2,26,28). The van der Waals surface area contributed by atoms with E-state index in [0.717, 1.165) is 5.56 Å². The molecule has 0 radical (unpaired) electrons. The summed E-state index contributed by atoms with van der Waals surface area (Å²) in [5, 5.41) is 8.98. The van der Waals surface area contributed by atoms with Crippen molar-refractivity contribution >= 4 is 52.3 Å². The maximum Gasteiger partial charge on any atom is 0.345 e. The van der Waals surface area contributed by atoms with Gasteiger partial charge in [-0.05, 0) is 47.5 Å². The first-order valence-corrected chi connectivity index (χ1v) is 11.1. The van der Waals surface area contributed by atoms with E-state index < -0.39 is 5.97 Å². The highest BCUT2D eigenvalue weighted by atomic mass is 35.5. The van der Waals surface area contributed by atoms with Crippen molar-refractivity contribution in [1.82, 2.24) is 0 Å². The number of benzene rings is 3. The van der Waals surface area contributed by atoms with Gasteiger partial charge in [0.1, 0.15) is 0 Å². The molecule has 0 heterocycles. The van der Waals surface area contributed by atoms with Crippen LogP contribution in [0.25, 0.3) is 0 Å². The molecule has 0 saturated heterocycles. The number of halogens is 2. The van der Waals surface area contributed by atoms with Gasteiger partial charge in [-0.1, -0.05) is 65.3 Å². The fourth-order valence-corrected chi connectivity index (χ4v) is 3.67. The summed E-state index contributed by atoms with van der Waals surface area (Å²) in [7, 11) is 1.47. The van der Waals surface area contributed by atoms with Crippen molar-refractivity contribution in [3.05, 3.63) is 93.5 Å². The molecule has 0 atom stereocenters. The van der Waals surface area contributed by atoms with Crippen molar-refractivity contribution in [3.8, 4) is 11.5 Å². The molecule has 6 nitrogen and oxygen atoms in total. The van der Waals surface area contributed by atoms with E-state index in [1.54, 1.807) is 24.3 Å². The van der Waals surface area contributed by atoms with Crippen molar-refractivity contribution in [2.75, 3.05) is 7.11 Å². The molecule has 0 bridgehead atoms. The summed E-state index contributed by atoms with van der Waals surface area (Å²) in [6.07, 6.45) is 1.53. The van der Waals surface area contributed by atoms with Gasteiger partial charge in [0.05, 0.1) is 23.9 Å². The first kappa shape index (κ1) is 23.7. The van der Waals surface area contributed by atoms with Crippen molar-refractivity contribution in [2.24, 2.45) is 15.9 Å². The molecule has 2 N–H and O–H groups in total. The lowest BCUT2D eigenvalue weighted by atomic mass is 10.2. The van der Waals surface area contributed by atoms with Gasteiger partial charge in [0.2, 0.25) is 0 Å². The van der Waals surface area contributed by atoms with Crippen LogP contribution in [0, 0.1) is 0 Å². The molecule has 0 aromatic heterocycles. The van der Waals surface area contributed by atoms with E-state index in [1.165, 1.54) is 37.2 Å². The summed E-state index contributed by atoms with van der Waals surface area (Å²) in [6, 6.07) is 19.4.